The Balaban J connectivity index is 1.75. The molecule has 4 heteroatoms. The number of ether oxygens (including phenoxy) is 1. The molecule has 0 aliphatic heterocycles. The molecule has 0 aromatic heterocycles. The SMILES string of the molecule is CC(C)OCCNC(=O)NC1CCc2ccccc21. The molecule has 2 amide bonds. The number of hydrogen-bond donors (Lipinski definition) is 2. The molecule has 1 aliphatic carbocycles. The summed E-state index contributed by atoms with van der Waals surface area (Å²) in [5, 5.41) is 5.84. The van der Waals surface area contributed by atoms with Gasteiger partial charge in [0, 0.05) is 6.54 Å². The van der Waals surface area contributed by atoms with Crippen molar-refractivity contribution in [3.63, 3.8) is 0 Å². The Hall–Kier alpha value is -1.55. The van der Waals surface area contributed by atoms with Crippen molar-refractivity contribution in [2.75, 3.05) is 13.2 Å². The molecule has 1 aromatic rings. The maximum Gasteiger partial charge on any atom is 0.315 e. The summed E-state index contributed by atoms with van der Waals surface area (Å²) in [5.41, 5.74) is 2.59. The first kappa shape index (κ1) is 13.9. The molecule has 1 aliphatic rings. The Labute approximate surface area is 114 Å². The van der Waals surface area contributed by atoms with Gasteiger partial charge in [-0.1, -0.05) is 24.3 Å². The number of nitrogens with one attached hydrogen (secondary N) is 2. The van der Waals surface area contributed by atoms with Crippen molar-refractivity contribution >= 4 is 6.03 Å². The Kier molecular flexibility index (Phi) is 4.80. The maximum atomic E-state index is 11.8. The summed E-state index contributed by atoms with van der Waals surface area (Å²) in [5.74, 6) is 0. The zero-order chi connectivity index (χ0) is 13.7. The molecule has 2 rings (SSSR count). The van der Waals surface area contributed by atoms with Crippen molar-refractivity contribution in [3.05, 3.63) is 35.4 Å². The van der Waals surface area contributed by atoms with Crippen molar-refractivity contribution in [2.45, 2.75) is 38.8 Å². The molecule has 0 bridgehead atoms. The summed E-state index contributed by atoms with van der Waals surface area (Å²) in [4.78, 5) is 11.8. The van der Waals surface area contributed by atoms with E-state index >= 15 is 0 Å². The largest absolute Gasteiger partial charge is 0.377 e. The average molecular weight is 262 g/mol. The third-order valence-electron chi connectivity index (χ3n) is 3.28. The van der Waals surface area contributed by atoms with E-state index < -0.39 is 0 Å². The number of fused-ring (bicyclic) bond motifs is 1. The van der Waals surface area contributed by atoms with Crippen LogP contribution in [0.15, 0.2) is 24.3 Å². The van der Waals surface area contributed by atoms with Gasteiger partial charge in [0.15, 0.2) is 0 Å². The lowest BCUT2D eigenvalue weighted by Crippen LogP contribution is -2.39. The Morgan fingerprint density at radius 1 is 1.42 bits per heavy atom. The van der Waals surface area contributed by atoms with E-state index in [9.17, 15) is 4.79 Å². The molecule has 104 valence electrons. The van der Waals surface area contributed by atoms with Gasteiger partial charge < -0.3 is 15.4 Å². The molecule has 4 nitrogen and oxygen atoms in total. The highest BCUT2D eigenvalue weighted by Crippen LogP contribution is 2.30. The summed E-state index contributed by atoms with van der Waals surface area (Å²) in [6, 6.07) is 8.31. The van der Waals surface area contributed by atoms with Crippen molar-refractivity contribution < 1.29 is 9.53 Å². The molecule has 1 unspecified atom stereocenters. The standard InChI is InChI=1S/C15H22N2O2/c1-11(2)19-10-9-16-15(18)17-14-8-7-12-5-3-4-6-13(12)14/h3-6,11,14H,7-10H2,1-2H3,(H2,16,17,18). The van der Waals surface area contributed by atoms with Crippen molar-refractivity contribution in [3.8, 4) is 0 Å². The molecular formula is C15H22N2O2. The van der Waals surface area contributed by atoms with Crippen LogP contribution in [0.25, 0.3) is 0 Å². The first-order chi connectivity index (χ1) is 9.16. The second-order valence-electron chi connectivity index (χ2n) is 5.11. The van der Waals surface area contributed by atoms with Crippen molar-refractivity contribution in [1.29, 1.82) is 0 Å². The van der Waals surface area contributed by atoms with E-state index in [-0.39, 0.29) is 18.2 Å². The number of amides is 2. The molecule has 0 spiro atoms. The van der Waals surface area contributed by atoms with Gasteiger partial charge in [-0.3, -0.25) is 0 Å². The zero-order valence-corrected chi connectivity index (χ0v) is 11.6. The van der Waals surface area contributed by atoms with Crippen LogP contribution in [0.2, 0.25) is 0 Å². The van der Waals surface area contributed by atoms with Gasteiger partial charge in [0.05, 0.1) is 18.8 Å². The summed E-state index contributed by atoms with van der Waals surface area (Å²) in [6.45, 7) is 5.05. The minimum Gasteiger partial charge on any atom is -0.377 e. The van der Waals surface area contributed by atoms with Gasteiger partial charge in [-0.15, -0.1) is 0 Å². The quantitative estimate of drug-likeness (QED) is 0.801. The van der Waals surface area contributed by atoms with Crippen LogP contribution in [0.3, 0.4) is 0 Å². The number of rotatable bonds is 5. The van der Waals surface area contributed by atoms with Gasteiger partial charge >= 0.3 is 6.03 Å². The molecule has 19 heavy (non-hydrogen) atoms. The second-order valence-corrected chi connectivity index (χ2v) is 5.11. The van der Waals surface area contributed by atoms with Crippen LogP contribution in [0.5, 0.6) is 0 Å². The lowest BCUT2D eigenvalue weighted by molar-refractivity contribution is 0.0817. The van der Waals surface area contributed by atoms with E-state index in [1.54, 1.807) is 0 Å². The first-order valence-electron chi connectivity index (χ1n) is 6.90. The lowest BCUT2D eigenvalue weighted by atomic mass is 10.1. The molecule has 0 fully saturated rings. The van der Waals surface area contributed by atoms with Crippen LogP contribution in [0, 0.1) is 0 Å². The fraction of sp³-hybridized carbons (Fsp3) is 0.533. The molecule has 1 atom stereocenters. The lowest BCUT2D eigenvalue weighted by Gasteiger charge is -2.15. The zero-order valence-electron chi connectivity index (χ0n) is 11.6. The van der Waals surface area contributed by atoms with Gasteiger partial charge in [0.2, 0.25) is 0 Å². The van der Waals surface area contributed by atoms with Gasteiger partial charge in [0.25, 0.3) is 0 Å². The third-order valence-corrected chi connectivity index (χ3v) is 3.28. The second kappa shape index (κ2) is 6.57. The Bertz CT molecular complexity index is 432. The number of aryl methyl sites for hydroxylation is 1. The van der Waals surface area contributed by atoms with E-state index in [0.717, 1.165) is 12.8 Å². The molecular weight excluding hydrogens is 240 g/mol. The smallest absolute Gasteiger partial charge is 0.315 e. The van der Waals surface area contributed by atoms with E-state index in [1.807, 2.05) is 26.0 Å². The highest BCUT2D eigenvalue weighted by atomic mass is 16.5. The highest BCUT2D eigenvalue weighted by molar-refractivity contribution is 5.74. The topological polar surface area (TPSA) is 50.4 Å². The highest BCUT2D eigenvalue weighted by Gasteiger charge is 2.22. The number of carbonyl (C=O) groups excluding carboxylic acids is 1. The molecule has 0 saturated carbocycles. The molecule has 1 aromatic carbocycles. The van der Waals surface area contributed by atoms with Crippen LogP contribution in [-0.4, -0.2) is 25.3 Å². The van der Waals surface area contributed by atoms with Gasteiger partial charge in [-0.2, -0.15) is 0 Å². The molecule has 0 saturated heterocycles. The molecule has 0 radical (unpaired) electrons. The summed E-state index contributed by atoms with van der Waals surface area (Å²) in [6.07, 6.45) is 2.22. The van der Waals surface area contributed by atoms with Crippen molar-refractivity contribution in [2.24, 2.45) is 0 Å². The Morgan fingerprint density at radius 3 is 3.00 bits per heavy atom. The molecule has 0 heterocycles. The van der Waals surface area contributed by atoms with Crippen LogP contribution in [0.1, 0.15) is 37.4 Å². The number of carbonyl (C=O) groups is 1. The Morgan fingerprint density at radius 2 is 2.21 bits per heavy atom. The predicted octanol–water partition coefficient (Wildman–Crippen LogP) is 2.40. The fourth-order valence-corrected chi connectivity index (χ4v) is 2.38. The van der Waals surface area contributed by atoms with Crippen LogP contribution in [-0.2, 0) is 11.2 Å². The van der Waals surface area contributed by atoms with Gasteiger partial charge in [0.1, 0.15) is 0 Å². The fourth-order valence-electron chi connectivity index (χ4n) is 2.38. The first-order valence-corrected chi connectivity index (χ1v) is 6.90. The number of urea groups is 1. The number of benzene rings is 1. The third kappa shape index (κ3) is 3.96. The van der Waals surface area contributed by atoms with Crippen LogP contribution >= 0.6 is 0 Å². The minimum absolute atomic E-state index is 0.117. The number of hydrogen-bond acceptors (Lipinski definition) is 2. The predicted molar refractivity (Wildman–Crippen MR) is 75.1 cm³/mol. The van der Waals surface area contributed by atoms with Gasteiger partial charge in [-0.25, -0.2) is 4.79 Å². The maximum absolute atomic E-state index is 11.8. The summed E-state index contributed by atoms with van der Waals surface area (Å²) < 4.78 is 5.38. The van der Waals surface area contributed by atoms with Crippen molar-refractivity contribution in [1.82, 2.24) is 10.6 Å². The van der Waals surface area contributed by atoms with Gasteiger partial charge in [-0.05, 0) is 37.8 Å². The minimum atomic E-state index is -0.117. The monoisotopic (exact) mass is 262 g/mol. The average Bonchev–Trinajstić information content (AvgIpc) is 2.78. The van der Waals surface area contributed by atoms with E-state index in [0.29, 0.717) is 13.2 Å². The molecule has 2 N–H and O–H groups in total. The van der Waals surface area contributed by atoms with E-state index in [4.69, 9.17) is 4.74 Å². The van der Waals surface area contributed by atoms with E-state index in [2.05, 4.69) is 22.8 Å². The van der Waals surface area contributed by atoms with E-state index in [1.165, 1.54) is 11.1 Å². The summed E-state index contributed by atoms with van der Waals surface area (Å²) >= 11 is 0. The van der Waals surface area contributed by atoms with Crippen LogP contribution in [0.4, 0.5) is 4.79 Å². The van der Waals surface area contributed by atoms with Crippen LogP contribution < -0.4 is 10.6 Å². The summed E-state index contributed by atoms with van der Waals surface area (Å²) in [7, 11) is 0. The normalized spacial score (nSPS) is 17.3.